The fourth-order valence-corrected chi connectivity index (χ4v) is 1.50. The Morgan fingerprint density at radius 1 is 1.21 bits per heavy atom. The van der Waals surface area contributed by atoms with Crippen molar-refractivity contribution >= 4 is 17.6 Å². The molecule has 0 unspecified atom stereocenters. The van der Waals surface area contributed by atoms with Crippen LogP contribution in [-0.4, -0.2) is 39.8 Å². The molecule has 0 spiro atoms. The fourth-order valence-electron chi connectivity index (χ4n) is 1.50. The van der Waals surface area contributed by atoms with Crippen LogP contribution in [0.3, 0.4) is 0 Å². The number of carbonyl (C=O) groups excluding carboxylic acids is 2. The van der Waals surface area contributed by atoms with Crippen LogP contribution in [-0.2, 0) is 9.47 Å². The lowest BCUT2D eigenvalue weighted by Crippen LogP contribution is -2.07. The molecule has 0 fully saturated rings. The summed E-state index contributed by atoms with van der Waals surface area (Å²) in [5.41, 5.74) is 0.874. The highest BCUT2D eigenvalue weighted by Gasteiger charge is 2.14. The zero-order valence-corrected chi connectivity index (χ0v) is 10.6. The molecule has 0 aliphatic carbocycles. The van der Waals surface area contributed by atoms with Gasteiger partial charge < -0.3 is 9.47 Å². The van der Waals surface area contributed by atoms with Gasteiger partial charge in [-0.1, -0.05) is 0 Å². The highest BCUT2D eigenvalue weighted by atomic mass is 16.5. The molecule has 100 valence electrons. The van der Waals surface area contributed by atoms with E-state index in [9.17, 15) is 9.59 Å². The number of rotatable bonds is 4. The fraction of sp³-hybridized carbons (Fsp3) is 0.333. The van der Waals surface area contributed by atoms with Crippen molar-refractivity contribution in [1.29, 1.82) is 0 Å². The van der Waals surface area contributed by atoms with E-state index < -0.39 is 11.9 Å². The molecule has 0 saturated heterocycles. The van der Waals surface area contributed by atoms with Crippen LogP contribution in [0, 0.1) is 0 Å². The van der Waals surface area contributed by atoms with Crippen molar-refractivity contribution in [1.82, 2.24) is 14.6 Å². The van der Waals surface area contributed by atoms with Crippen molar-refractivity contribution in [2.24, 2.45) is 0 Å². The normalized spacial score (nSPS) is 10.4. The van der Waals surface area contributed by atoms with Gasteiger partial charge in [-0.3, -0.25) is 0 Å². The summed E-state index contributed by atoms with van der Waals surface area (Å²) >= 11 is 0. The molecular weight excluding hydrogens is 250 g/mol. The second kappa shape index (κ2) is 5.47. The topological polar surface area (TPSA) is 82.8 Å². The Labute approximate surface area is 109 Å². The van der Waals surface area contributed by atoms with E-state index in [0.717, 1.165) is 0 Å². The van der Waals surface area contributed by atoms with Crippen molar-refractivity contribution in [3.8, 4) is 0 Å². The monoisotopic (exact) mass is 263 g/mol. The molecule has 0 amide bonds. The molecule has 0 saturated carbocycles. The van der Waals surface area contributed by atoms with Crippen molar-refractivity contribution < 1.29 is 19.1 Å². The minimum absolute atomic E-state index is 0.148. The largest absolute Gasteiger partial charge is 0.462 e. The van der Waals surface area contributed by atoms with E-state index in [-0.39, 0.29) is 24.5 Å². The Morgan fingerprint density at radius 3 is 2.58 bits per heavy atom. The van der Waals surface area contributed by atoms with Crippen molar-refractivity contribution in [2.45, 2.75) is 13.8 Å². The summed E-state index contributed by atoms with van der Waals surface area (Å²) in [5.74, 6) is -1.00. The molecule has 0 radical (unpaired) electrons. The number of hydrogen-bond acceptors (Lipinski definition) is 6. The average molecular weight is 263 g/mol. The predicted octanol–water partition coefficient (Wildman–Crippen LogP) is 1.08. The lowest BCUT2D eigenvalue weighted by Gasteiger charge is -2.00. The quantitative estimate of drug-likeness (QED) is 0.768. The summed E-state index contributed by atoms with van der Waals surface area (Å²) in [4.78, 5) is 27.1. The summed E-state index contributed by atoms with van der Waals surface area (Å²) in [6.07, 6.45) is 2.84. The van der Waals surface area contributed by atoms with Gasteiger partial charge in [-0.2, -0.15) is 5.10 Å². The number of carbonyl (C=O) groups is 2. The first-order valence-electron chi connectivity index (χ1n) is 5.85. The van der Waals surface area contributed by atoms with E-state index in [1.165, 1.54) is 23.0 Å². The second-order valence-corrected chi connectivity index (χ2v) is 3.62. The van der Waals surface area contributed by atoms with Crippen molar-refractivity contribution in [3.63, 3.8) is 0 Å². The third-order valence-electron chi connectivity index (χ3n) is 2.31. The van der Waals surface area contributed by atoms with Gasteiger partial charge in [-0.05, 0) is 13.8 Å². The molecule has 0 bridgehead atoms. The Balaban J connectivity index is 2.33. The van der Waals surface area contributed by atoms with Crippen LogP contribution >= 0.6 is 0 Å². The Morgan fingerprint density at radius 2 is 1.89 bits per heavy atom. The molecule has 0 aromatic carbocycles. The first-order chi connectivity index (χ1) is 9.15. The van der Waals surface area contributed by atoms with Crippen LogP contribution in [0.25, 0.3) is 5.65 Å². The van der Waals surface area contributed by atoms with Gasteiger partial charge in [0.15, 0.2) is 11.3 Å². The van der Waals surface area contributed by atoms with Crippen LogP contribution in [0.5, 0.6) is 0 Å². The van der Waals surface area contributed by atoms with E-state index in [0.29, 0.717) is 5.65 Å². The van der Waals surface area contributed by atoms with E-state index in [1.54, 1.807) is 13.8 Å². The third kappa shape index (κ3) is 2.70. The van der Waals surface area contributed by atoms with Crippen molar-refractivity contribution in [2.75, 3.05) is 13.2 Å². The molecule has 2 aromatic rings. The van der Waals surface area contributed by atoms with Crippen molar-refractivity contribution in [3.05, 3.63) is 29.7 Å². The first-order valence-corrected chi connectivity index (χ1v) is 5.85. The SMILES string of the molecule is CCOC(=O)c1cnc2cc(C(=O)OCC)nn2c1. The molecule has 2 heterocycles. The number of aromatic nitrogens is 3. The van der Waals surface area contributed by atoms with Gasteiger partial charge in [-0.15, -0.1) is 0 Å². The van der Waals surface area contributed by atoms with Crippen LogP contribution in [0.2, 0.25) is 0 Å². The third-order valence-corrected chi connectivity index (χ3v) is 2.31. The number of fused-ring (bicyclic) bond motifs is 1. The molecule has 2 rings (SSSR count). The Bertz CT molecular complexity index is 604. The van der Waals surface area contributed by atoms with Gasteiger partial charge in [0.05, 0.1) is 18.8 Å². The lowest BCUT2D eigenvalue weighted by atomic mass is 10.3. The first kappa shape index (κ1) is 13.0. The van der Waals surface area contributed by atoms with Crippen LogP contribution in [0.4, 0.5) is 0 Å². The molecule has 7 heteroatoms. The number of esters is 2. The number of hydrogen-bond donors (Lipinski definition) is 0. The van der Waals surface area contributed by atoms with Gasteiger partial charge in [0, 0.05) is 18.5 Å². The van der Waals surface area contributed by atoms with Gasteiger partial charge in [0.25, 0.3) is 0 Å². The molecule has 2 aromatic heterocycles. The Kier molecular flexibility index (Phi) is 3.74. The molecule has 19 heavy (non-hydrogen) atoms. The number of nitrogens with zero attached hydrogens (tertiary/aromatic N) is 3. The van der Waals surface area contributed by atoms with E-state index in [1.807, 2.05) is 0 Å². The summed E-state index contributed by atoms with van der Waals surface area (Å²) in [7, 11) is 0. The minimum atomic E-state index is -0.523. The maximum Gasteiger partial charge on any atom is 0.358 e. The zero-order chi connectivity index (χ0) is 13.8. The smallest absolute Gasteiger partial charge is 0.358 e. The maximum absolute atomic E-state index is 11.5. The van der Waals surface area contributed by atoms with Crippen LogP contribution < -0.4 is 0 Å². The summed E-state index contributed by atoms with van der Waals surface area (Å²) in [6, 6.07) is 1.49. The molecule has 7 nitrogen and oxygen atoms in total. The predicted molar refractivity (Wildman–Crippen MR) is 64.9 cm³/mol. The summed E-state index contributed by atoms with van der Waals surface area (Å²) in [5, 5.41) is 4.01. The summed E-state index contributed by atoms with van der Waals surface area (Å²) < 4.78 is 11.0. The van der Waals surface area contributed by atoms with E-state index in [4.69, 9.17) is 9.47 Å². The highest BCUT2D eigenvalue weighted by Crippen LogP contribution is 2.08. The van der Waals surface area contributed by atoms with Gasteiger partial charge >= 0.3 is 11.9 Å². The molecule has 0 N–H and O–H groups in total. The molecule has 0 aliphatic heterocycles. The minimum Gasteiger partial charge on any atom is -0.462 e. The van der Waals surface area contributed by atoms with Crippen LogP contribution in [0.15, 0.2) is 18.5 Å². The molecule has 0 atom stereocenters. The number of ether oxygens (including phenoxy) is 2. The van der Waals surface area contributed by atoms with Gasteiger partial charge in [-0.25, -0.2) is 19.1 Å². The lowest BCUT2D eigenvalue weighted by molar-refractivity contribution is 0.0514. The molecular formula is C12H13N3O4. The van der Waals surface area contributed by atoms with E-state index in [2.05, 4.69) is 10.1 Å². The van der Waals surface area contributed by atoms with Gasteiger partial charge in [0.2, 0.25) is 0 Å². The second-order valence-electron chi connectivity index (χ2n) is 3.62. The van der Waals surface area contributed by atoms with Crippen LogP contribution in [0.1, 0.15) is 34.7 Å². The average Bonchev–Trinajstić information content (AvgIpc) is 2.82. The highest BCUT2D eigenvalue weighted by molar-refractivity contribution is 5.90. The van der Waals surface area contributed by atoms with Gasteiger partial charge in [0.1, 0.15) is 0 Å². The zero-order valence-electron chi connectivity index (χ0n) is 10.6. The maximum atomic E-state index is 11.5. The Hall–Kier alpha value is -2.44. The molecule has 0 aliphatic rings. The standard InChI is InChI=1S/C12H13N3O4/c1-3-18-11(16)8-6-13-10-5-9(12(17)19-4-2)14-15(10)7-8/h5-7H,3-4H2,1-2H3. The van der Waals surface area contributed by atoms with E-state index >= 15 is 0 Å². The summed E-state index contributed by atoms with van der Waals surface area (Å²) in [6.45, 7) is 3.99.